The molecule has 1 N–H and O–H groups in total. The lowest BCUT2D eigenvalue weighted by Crippen LogP contribution is -2.40. The zero-order valence-electron chi connectivity index (χ0n) is 14.2. The second-order valence-corrected chi connectivity index (χ2v) is 7.32. The van der Waals surface area contributed by atoms with Crippen molar-refractivity contribution in [3.63, 3.8) is 0 Å². The maximum Gasteiger partial charge on any atom is 0.240 e. The van der Waals surface area contributed by atoms with E-state index >= 15 is 0 Å². The first kappa shape index (κ1) is 17.0. The summed E-state index contributed by atoms with van der Waals surface area (Å²) in [6, 6.07) is 3.53. The lowest BCUT2D eigenvalue weighted by Gasteiger charge is -2.19. The Morgan fingerprint density at radius 2 is 1.85 bits per heavy atom. The predicted molar refractivity (Wildman–Crippen MR) is 94.2 cm³/mol. The summed E-state index contributed by atoms with van der Waals surface area (Å²) in [5, 5.41) is 3.33. The number of hydrogen-bond donors (Lipinski definition) is 1. The molecule has 0 bridgehead atoms. The van der Waals surface area contributed by atoms with Crippen molar-refractivity contribution in [2.24, 2.45) is 11.8 Å². The lowest BCUT2D eigenvalue weighted by atomic mass is 9.81. The highest BCUT2D eigenvalue weighted by Crippen LogP contribution is 2.37. The summed E-state index contributed by atoms with van der Waals surface area (Å²) in [5.41, 5.74) is 1.40. The number of likely N-dealkylation sites (tertiary alicyclic amines) is 1. The summed E-state index contributed by atoms with van der Waals surface area (Å²) in [4.78, 5) is 42.6. The molecule has 1 saturated heterocycles. The van der Waals surface area contributed by atoms with E-state index in [1.807, 2.05) is 0 Å². The van der Waals surface area contributed by atoms with Gasteiger partial charge >= 0.3 is 0 Å². The molecule has 2 aromatic rings. The number of hydrogen-bond acceptors (Lipinski definition) is 4. The van der Waals surface area contributed by atoms with Crippen molar-refractivity contribution in [2.45, 2.75) is 32.2 Å². The van der Waals surface area contributed by atoms with Crippen LogP contribution in [0.5, 0.6) is 0 Å². The minimum atomic E-state index is -0.361. The number of imide groups is 1. The van der Waals surface area contributed by atoms with Gasteiger partial charge in [-0.05, 0) is 25.0 Å². The Morgan fingerprint density at radius 3 is 2.54 bits per heavy atom. The largest absolute Gasteiger partial charge is 0.349 e. The molecule has 4 rings (SSSR count). The van der Waals surface area contributed by atoms with E-state index < -0.39 is 0 Å². The first-order valence-electron chi connectivity index (χ1n) is 8.78. The first-order valence-corrected chi connectivity index (χ1v) is 9.16. The predicted octanol–water partition coefficient (Wildman–Crippen LogP) is 1.78. The average Bonchev–Trinajstić information content (AvgIpc) is 3.14. The quantitative estimate of drug-likeness (QED) is 0.827. The summed E-state index contributed by atoms with van der Waals surface area (Å²) in [7, 11) is 0. The van der Waals surface area contributed by atoms with E-state index in [-0.39, 0.29) is 42.6 Å². The van der Waals surface area contributed by atoms with Crippen molar-refractivity contribution in [1.29, 1.82) is 0 Å². The van der Waals surface area contributed by atoms with Crippen LogP contribution in [-0.2, 0) is 20.9 Å². The number of aromatic nitrogens is 2. The topological polar surface area (TPSA) is 83.8 Å². The first-order chi connectivity index (χ1) is 12.5. The third-order valence-electron chi connectivity index (χ3n) is 5.17. The van der Waals surface area contributed by atoms with Crippen LogP contribution >= 0.6 is 11.6 Å². The van der Waals surface area contributed by atoms with E-state index in [1.54, 1.807) is 28.9 Å². The maximum atomic E-state index is 12.4. The van der Waals surface area contributed by atoms with Gasteiger partial charge in [0.2, 0.25) is 17.7 Å². The molecule has 0 aromatic carbocycles. The van der Waals surface area contributed by atoms with Gasteiger partial charge in [0, 0.05) is 12.4 Å². The molecule has 2 unspecified atom stereocenters. The number of pyridine rings is 1. The molecule has 8 heteroatoms. The van der Waals surface area contributed by atoms with Crippen LogP contribution in [0.3, 0.4) is 0 Å². The highest BCUT2D eigenvalue weighted by Gasteiger charge is 2.48. The highest BCUT2D eigenvalue weighted by molar-refractivity contribution is 6.30. The average molecular weight is 375 g/mol. The molecule has 2 atom stereocenters. The van der Waals surface area contributed by atoms with Crippen LogP contribution in [0.25, 0.3) is 5.65 Å². The standard InChI is InChI=1S/C18H19ClN4O3/c19-11-5-6-15-21-12(9-22(15)8-11)7-20-16(24)10-23-17(25)13-3-1-2-4-14(13)18(23)26/h5-6,8-9,13-14H,1-4,7,10H2,(H,20,24). The van der Waals surface area contributed by atoms with E-state index in [9.17, 15) is 14.4 Å². The van der Waals surface area contributed by atoms with Crippen molar-refractivity contribution in [1.82, 2.24) is 19.6 Å². The van der Waals surface area contributed by atoms with Crippen molar-refractivity contribution < 1.29 is 14.4 Å². The van der Waals surface area contributed by atoms with Crippen LogP contribution in [-0.4, -0.2) is 38.6 Å². The van der Waals surface area contributed by atoms with Crippen LogP contribution in [0.15, 0.2) is 24.5 Å². The number of imidazole rings is 1. The van der Waals surface area contributed by atoms with E-state index in [4.69, 9.17) is 11.6 Å². The summed E-state index contributed by atoms with van der Waals surface area (Å²) in [6.45, 7) is 0.00504. The fraction of sp³-hybridized carbons (Fsp3) is 0.444. The van der Waals surface area contributed by atoms with Crippen LogP contribution in [0, 0.1) is 11.8 Å². The molecular formula is C18H19ClN4O3. The molecule has 3 amide bonds. The van der Waals surface area contributed by atoms with Gasteiger partial charge < -0.3 is 9.72 Å². The highest BCUT2D eigenvalue weighted by atomic mass is 35.5. The summed E-state index contributed by atoms with van der Waals surface area (Å²) < 4.78 is 1.78. The normalized spacial score (nSPS) is 22.7. The molecule has 1 saturated carbocycles. The Kier molecular flexibility index (Phi) is 4.40. The molecule has 3 heterocycles. The van der Waals surface area contributed by atoms with E-state index in [0.717, 1.165) is 36.2 Å². The zero-order chi connectivity index (χ0) is 18.3. The third-order valence-corrected chi connectivity index (χ3v) is 5.39. The fourth-order valence-corrected chi connectivity index (χ4v) is 4.05. The molecule has 2 aliphatic rings. The van der Waals surface area contributed by atoms with Gasteiger partial charge in [-0.2, -0.15) is 0 Å². The second kappa shape index (κ2) is 6.72. The number of amides is 3. The molecule has 0 spiro atoms. The van der Waals surface area contributed by atoms with Gasteiger partial charge in [0.25, 0.3) is 0 Å². The fourth-order valence-electron chi connectivity index (χ4n) is 3.88. The Morgan fingerprint density at radius 1 is 1.15 bits per heavy atom. The number of nitrogens with zero attached hydrogens (tertiary/aromatic N) is 3. The summed E-state index contributed by atoms with van der Waals surface area (Å²) in [6.07, 6.45) is 6.95. The van der Waals surface area contributed by atoms with Crippen LogP contribution in [0.4, 0.5) is 0 Å². The summed E-state index contributed by atoms with van der Waals surface area (Å²) >= 11 is 5.94. The third kappa shape index (κ3) is 3.07. The smallest absolute Gasteiger partial charge is 0.240 e. The molecule has 7 nitrogen and oxygen atoms in total. The van der Waals surface area contributed by atoms with Gasteiger partial charge in [-0.25, -0.2) is 4.98 Å². The molecule has 1 aliphatic carbocycles. The Bertz CT molecular complexity index is 870. The molecule has 26 heavy (non-hydrogen) atoms. The van der Waals surface area contributed by atoms with Crippen molar-refractivity contribution in [3.8, 4) is 0 Å². The van der Waals surface area contributed by atoms with Crippen molar-refractivity contribution >= 4 is 35.0 Å². The van der Waals surface area contributed by atoms with Gasteiger partial charge in [-0.3, -0.25) is 19.3 Å². The van der Waals surface area contributed by atoms with Gasteiger partial charge in [-0.1, -0.05) is 24.4 Å². The zero-order valence-corrected chi connectivity index (χ0v) is 14.9. The van der Waals surface area contributed by atoms with Crippen LogP contribution in [0.1, 0.15) is 31.4 Å². The van der Waals surface area contributed by atoms with Gasteiger partial charge in [0.15, 0.2) is 0 Å². The molecule has 0 radical (unpaired) electrons. The molecule has 1 aliphatic heterocycles. The number of halogens is 1. The second-order valence-electron chi connectivity index (χ2n) is 6.88. The monoisotopic (exact) mass is 374 g/mol. The van der Waals surface area contributed by atoms with Crippen molar-refractivity contribution in [3.05, 3.63) is 35.2 Å². The number of fused-ring (bicyclic) bond motifs is 2. The van der Waals surface area contributed by atoms with E-state index in [0.29, 0.717) is 10.7 Å². The number of carbonyl (C=O) groups excluding carboxylic acids is 3. The number of rotatable bonds is 4. The Labute approximate surface area is 155 Å². The van der Waals surface area contributed by atoms with Gasteiger partial charge in [0.1, 0.15) is 12.2 Å². The number of nitrogens with one attached hydrogen (secondary N) is 1. The molecule has 136 valence electrons. The molecular weight excluding hydrogens is 356 g/mol. The Hall–Kier alpha value is -2.41. The van der Waals surface area contributed by atoms with Crippen LogP contribution in [0.2, 0.25) is 5.02 Å². The van der Waals surface area contributed by atoms with Crippen molar-refractivity contribution in [2.75, 3.05) is 6.54 Å². The van der Waals surface area contributed by atoms with Gasteiger partial charge in [0.05, 0.1) is 29.1 Å². The van der Waals surface area contributed by atoms with E-state index in [2.05, 4.69) is 10.3 Å². The minimum absolute atomic E-state index is 0.197. The van der Waals surface area contributed by atoms with Crippen LogP contribution < -0.4 is 5.32 Å². The van der Waals surface area contributed by atoms with E-state index in [1.165, 1.54) is 0 Å². The maximum absolute atomic E-state index is 12.4. The summed E-state index contributed by atoms with van der Waals surface area (Å²) in [5.74, 6) is -1.21. The lowest BCUT2D eigenvalue weighted by molar-refractivity contribution is -0.143. The SMILES string of the molecule is O=C(CN1C(=O)C2CCCCC2C1=O)NCc1cn2cc(Cl)ccc2n1. The Balaban J connectivity index is 1.37. The van der Waals surface area contributed by atoms with Gasteiger partial charge in [-0.15, -0.1) is 0 Å². The molecule has 2 fully saturated rings. The number of carbonyl (C=O) groups is 3. The molecule has 2 aromatic heterocycles. The minimum Gasteiger partial charge on any atom is -0.349 e.